The summed E-state index contributed by atoms with van der Waals surface area (Å²) < 4.78 is 18.9. The van der Waals surface area contributed by atoms with Crippen LogP contribution in [0.15, 0.2) is 42.5 Å². The highest BCUT2D eigenvalue weighted by Gasteiger charge is 2.25. The first-order valence-corrected chi connectivity index (χ1v) is 11.9. The maximum absolute atomic E-state index is 13.9. The zero-order chi connectivity index (χ0) is 23.2. The van der Waals surface area contributed by atoms with Crippen LogP contribution >= 0.6 is 0 Å². The number of amides is 2. The van der Waals surface area contributed by atoms with Crippen molar-refractivity contribution in [1.29, 1.82) is 0 Å². The van der Waals surface area contributed by atoms with E-state index in [-0.39, 0.29) is 23.6 Å². The van der Waals surface area contributed by atoms with E-state index in [9.17, 15) is 9.18 Å². The number of aryl methyl sites for hydroxylation is 1. The molecule has 0 aromatic heterocycles. The first-order valence-electron chi connectivity index (χ1n) is 11.9. The van der Waals surface area contributed by atoms with Gasteiger partial charge >= 0.3 is 6.03 Å². The average molecular weight is 455 g/mol. The van der Waals surface area contributed by atoms with Crippen LogP contribution in [0.1, 0.15) is 29.5 Å². The Balaban J connectivity index is 1.17. The van der Waals surface area contributed by atoms with E-state index in [0.29, 0.717) is 6.54 Å². The molecule has 2 aromatic carbocycles. The number of nitrogens with one attached hydrogen (secondary N) is 1. The molecule has 0 aliphatic carbocycles. The van der Waals surface area contributed by atoms with Crippen molar-refractivity contribution in [1.82, 2.24) is 20.0 Å². The number of halogens is 1. The minimum Gasteiger partial charge on any atom is -0.494 e. The van der Waals surface area contributed by atoms with E-state index in [2.05, 4.69) is 46.3 Å². The summed E-state index contributed by atoms with van der Waals surface area (Å²) >= 11 is 0. The number of nitrogens with zero attached hydrogens (tertiary/aromatic N) is 3. The summed E-state index contributed by atoms with van der Waals surface area (Å²) in [5, 5.41) is 3.23. The minimum atomic E-state index is -0.323. The smallest absolute Gasteiger partial charge is 0.317 e. The maximum Gasteiger partial charge on any atom is 0.317 e. The van der Waals surface area contributed by atoms with Crippen molar-refractivity contribution >= 4 is 6.03 Å². The molecule has 4 rings (SSSR count). The second-order valence-corrected chi connectivity index (χ2v) is 9.22. The van der Waals surface area contributed by atoms with Gasteiger partial charge in [-0.2, -0.15) is 0 Å². The number of likely N-dealkylation sites (tertiary alicyclic amines) is 1. The van der Waals surface area contributed by atoms with Crippen LogP contribution in [0.5, 0.6) is 5.75 Å². The summed E-state index contributed by atoms with van der Waals surface area (Å²) in [6, 6.07) is 14.0. The summed E-state index contributed by atoms with van der Waals surface area (Å²) in [4.78, 5) is 19.4. The molecule has 6 nitrogen and oxygen atoms in total. The SMILES string of the molecule is COc1ccc(CN2CCC(NC(=O)N3CCN(Cc4cccc(C)c4)CC3)CC2)cc1F. The third-order valence-electron chi connectivity index (χ3n) is 6.69. The van der Waals surface area contributed by atoms with E-state index in [1.165, 1.54) is 18.2 Å². The first-order chi connectivity index (χ1) is 16.0. The van der Waals surface area contributed by atoms with Crippen LogP contribution < -0.4 is 10.1 Å². The minimum absolute atomic E-state index is 0.0564. The summed E-state index contributed by atoms with van der Waals surface area (Å²) in [5.41, 5.74) is 3.56. The number of piperidine rings is 1. The van der Waals surface area contributed by atoms with Crippen LogP contribution in [0.2, 0.25) is 0 Å². The first kappa shape index (κ1) is 23.5. The van der Waals surface area contributed by atoms with Gasteiger partial charge in [-0.3, -0.25) is 9.80 Å². The van der Waals surface area contributed by atoms with Gasteiger partial charge in [-0.15, -0.1) is 0 Å². The quantitative estimate of drug-likeness (QED) is 0.724. The monoisotopic (exact) mass is 454 g/mol. The average Bonchev–Trinajstić information content (AvgIpc) is 2.81. The lowest BCUT2D eigenvalue weighted by molar-refractivity contribution is 0.127. The van der Waals surface area contributed by atoms with Gasteiger partial charge in [0.15, 0.2) is 11.6 Å². The largest absolute Gasteiger partial charge is 0.494 e. The Hall–Kier alpha value is -2.64. The Morgan fingerprint density at radius 3 is 2.27 bits per heavy atom. The van der Waals surface area contributed by atoms with Gasteiger partial charge in [0.05, 0.1) is 7.11 Å². The number of hydrogen-bond acceptors (Lipinski definition) is 4. The number of rotatable bonds is 6. The molecule has 0 atom stereocenters. The van der Waals surface area contributed by atoms with Crippen LogP contribution in [0, 0.1) is 12.7 Å². The lowest BCUT2D eigenvalue weighted by Crippen LogP contribution is -2.54. The van der Waals surface area contributed by atoms with Crippen LogP contribution in [-0.4, -0.2) is 73.2 Å². The highest BCUT2D eigenvalue weighted by Crippen LogP contribution is 2.20. The molecule has 2 fully saturated rings. The van der Waals surface area contributed by atoms with Gasteiger partial charge in [0.2, 0.25) is 0 Å². The molecule has 0 saturated carbocycles. The highest BCUT2D eigenvalue weighted by molar-refractivity contribution is 5.74. The number of methoxy groups -OCH3 is 1. The lowest BCUT2D eigenvalue weighted by Gasteiger charge is -2.37. The summed E-state index contributed by atoms with van der Waals surface area (Å²) in [5.74, 6) is -0.0488. The van der Waals surface area contributed by atoms with Gasteiger partial charge in [0.25, 0.3) is 0 Å². The number of urea groups is 1. The standard InChI is InChI=1S/C26H35FN4O2/c1-20-4-3-5-21(16-20)18-30-12-14-31(15-13-30)26(32)28-23-8-10-29(11-9-23)19-22-6-7-25(33-2)24(27)17-22/h3-7,16-17,23H,8-15,18-19H2,1-2H3,(H,28,32). The van der Waals surface area contributed by atoms with Crippen molar-refractivity contribution < 1.29 is 13.9 Å². The van der Waals surface area contributed by atoms with Crippen molar-refractivity contribution in [2.24, 2.45) is 0 Å². The van der Waals surface area contributed by atoms with E-state index in [0.717, 1.165) is 64.2 Å². The van der Waals surface area contributed by atoms with Gasteiger partial charge in [-0.25, -0.2) is 9.18 Å². The number of piperazine rings is 1. The Kier molecular flexibility index (Phi) is 7.83. The number of carbonyl (C=O) groups excluding carboxylic acids is 1. The molecular weight excluding hydrogens is 419 g/mol. The van der Waals surface area contributed by atoms with Gasteiger partial charge in [-0.05, 0) is 43.0 Å². The fourth-order valence-electron chi connectivity index (χ4n) is 4.75. The molecule has 2 heterocycles. The van der Waals surface area contributed by atoms with Crippen LogP contribution in [0.3, 0.4) is 0 Å². The van der Waals surface area contributed by atoms with Crippen molar-refractivity contribution in [3.05, 3.63) is 65.0 Å². The molecule has 178 valence electrons. The van der Waals surface area contributed by atoms with Crippen molar-refractivity contribution in [3.8, 4) is 5.75 Å². The molecule has 0 radical (unpaired) electrons. The zero-order valence-corrected chi connectivity index (χ0v) is 19.7. The number of ether oxygens (including phenoxy) is 1. The van der Waals surface area contributed by atoms with E-state index < -0.39 is 0 Å². The lowest BCUT2D eigenvalue weighted by atomic mass is 10.0. The molecule has 7 heteroatoms. The molecule has 2 amide bonds. The molecule has 2 aliphatic heterocycles. The molecule has 2 saturated heterocycles. The van der Waals surface area contributed by atoms with E-state index in [1.807, 2.05) is 11.0 Å². The number of carbonyl (C=O) groups is 1. The normalized spacial score (nSPS) is 18.3. The van der Waals surface area contributed by atoms with Crippen molar-refractivity contribution in [3.63, 3.8) is 0 Å². The van der Waals surface area contributed by atoms with E-state index >= 15 is 0 Å². The molecule has 2 aliphatic rings. The van der Waals surface area contributed by atoms with Crippen LogP contribution in [0.4, 0.5) is 9.18 Å². The summed E-state index contributed by atoms with van der Waals surface area (Å²) in [6.07, 6.45) is 1.83. The number of hydrogen-bond donors (Lipinski definition) is 1. The van der Waals surface area contributed by atoms with Crippen LogP contribution in [-0.2, 0) is 13.1 Å². The second-order valence-electron chi connectivity index (χ2n) is 9.22. The van der Waals surface area contributed by atoms with Crippen molar-refractivity contribution in [2.75, 3.05) is 46.4 Å². The zero-order valence-electron chi connectivity index (χ0n) is 19.7. The maximum atomic E-state index is 13.9. The Labute approximate surface area is 196 Å². The molecule has 33 heavy (non-hydrogen) atoms. The van der Waals surface area contributed by atoms with Crippen LogP contribution in [0.25, 0.3) is 0 Å². The second kappa shape index (κ2) is 11.0. The highest BCUT2D eigenvalue weighted by atomic mass is 19.1. The summed E-state index contributed by atoms with van der Waals surface area (Å²) in [6.45, 7) is 8.88. The third-order valence-corrected chi connectivity index (χ3v) is 6.69. The van der Waals surface area contributed by atoms with Gasteiger partial charge < -0.3 is 15.0 Å². The number of benzene rings is 2. The predicted octanol–water partition coefficient (Wildman–Crippen LogP) is 3.63. The van der Waals surface area contributed by atoms with E-state index in [4.69, 9.17) is 4.74 Å². The Morgan fingerprint density at radius 2 is 1.64 bits per heavy atom. The van der Waals surface area contributed by atoms with Gasteiger partial charge in [-0.1, -0.05) is 35.9 Å². The molecule has 0 bridgehead atoms. The topological polar surface area (TPSA) is 48.1 Å². The van der Waals surface area contributed by atoms with Gasteiger partial charge in [0.1, 0.15) is 0 Å². The van der Waals surface area contributed by atoms with Gasteiger partial charge in [0, 0.05) is 58.4 Å². The molecule has 0 unspecified atom stereocenters. The van der Waals surface area contributed by atoms with E-state index in [1.54, 1.807) is 12.1 Å². The van der Waals surface area contributed by atoms with Crippen molar-refractivity contribution in [2.45, 2.75) is 38.9 Å². The fourth-order valence-corrected chi connectivity index (χ4v) is 4.75. The predicted molar refractivity (Wildman–Crippen MR) is 128 cm³/mol. The molecule has 0 spiro atoms. The molecule has 1 N–H and O–H groups in total. The molecule has 2 aromatic rings. The fraction of sp³-hybridized carbons (Fsp3) is 0.500. The Bertz CT molecular complexity index is 938. The summed E-state index contributed by atoms with van der Waals surface area (Å²) in [7, 11) is 1.47. The third kappa shape index (κ3) is 6.45. The Morgan fingerprint density at radius 1 is 0.970 bits per heavy atom. The molecular formula is C26H35FN4O2.